The van der Waals surface area contributed by atoms with Gasteiger partial charge in [0.1, 0.15) is 14.1 Å². The molecule has 9 nitrogen and oxygen atoms in total. The van der Waals surface area contributed by atoms with Crippen molar-refractivity contribution in [3.05, 3.63) is 60.0 Å². The number of ketones is 1. The van der Waals surface area contributed by atoms with Gasteiger partial charge in [-0.15, -0.1) is 9.36 Å². The van der Waals surface area contributed by atoms with Gasteiger partial charge in [0.2, 0.25) is 17.6 Å². The highest BCUT2D eigenvalue weighted by molar-refractivity contribution is 5.97. The minimum absolute atomic E-state index is 0.00161. The first-order chi connectivity index (χ1) is 16.0. The lowest BCUT2D eigenvalue weighted by Crippen LogP contribution is -2.31. The monoisotopic (exact) mass is 445 g/mol. The molecule has 168 valence electrons. The maximum absolute atomic E-state index is 12.6. The number of carbonyl (C=O) groups is 2. The second-order valence-electron chi connectivity index (χ2n) is 8.41. The highest BCUT2D eigenvalue weighted by Crippen LogP contribution is 2.29. The summed E-state index contributed by atoms with van der Waals surface area (Å²) < 4.78 is 9.18. The van der Waals surface area contributed by atoms with Crippen LogP contribution < -0.4 is 4.68 Å². The van der Waals surface area contributed by atoms with Crippen molar-refractivity contribution < 1.29 is 18.8 Å². The third-order valence-corrected chi connectivity index (χ3v) is 6.19. The van der Waals surface area contributed by atoms with Gasteiger partial charge in [0.15, 0.2) is 16.8 Å². The van der Waals surface area contributed by atoms with E-state index in [1.54, 1.807) is 17.0 Å². The maximum Gasteiger partial charge on any atom is 0.231 e. The largest absolute Gasteiger partial charge is 0.342 e. The molecule has 3 heterocycles. The van der Waals surface area contributed by atoms with E-state index in [0.29, 0.717) is 30.4 Å². The third-order valence-electron chi connectivity index (χ3n) is 6.19. The van der Waals surface area contributed by atoms with Crippen molar-refractivity contribution in [3.63, 3.8) is 0 Å². The lowest BCUT2D eigenvalue weighted by atomic mass is 10.1. The Balaban J connectivity index is 1.22. The minimum atomic E-state index is -0.0175. The summed E-state index contributed by atoms with van der Waals surface area (Å²) in [4.78, 5) is 31.3. The molecule has 4 aromatic rings. The van der Waals surface area contributed by atoms with Gasteiger partial charge in [-0.25, -0.2) is 0 Å². The summed E-state index contributed by atoms with van der Waals surface area (Å²) in [5.74, 6) is 1.03. The van der Waals surface area contributed by atoms with Gasteiger partial charge in [-0.3, -0.25) is 9.59 Å². The molecule has 0 spiro atoms. The number of hydrogen-bond donors (Lipinski definition) is 0. The van der Waals surface area contributed by atoms with Gasteiger partial charge in [-0.1, -0.05) is 35.5 Å². The Hall–Kier alpha value is -3.88. The van der Waals surface area contributed by atoms with Crippen molar-refractivity contribution in [1.29, 1.82) is 0 Å². The fourth-order valence-corrected chi connectivity index (χ4v) is 4.35. The Bertz CT molecular complexity index is 1330. The molecule has 0 N–H and O–H groups in total. The van der Waals surface area contributed by atoms with Crippen molar-refractivity contribution in [2.24, 2.45) is 14.1 Å². The van der Waals surface area contributed by atoms with Crippen LogP contribution in [0.3, 0.4) is 0 Å². The number of amides is 1. The Morgan fingerprint density at radius 1 is 1.15 bits per heavy atom. The summed E-state index contributed by atoms with van der Waals surface area (Å²) in [5.41, 5.74) is 3.48. The van der Waals surface area contributed by atoms with E-state index < -0.39 is 0 Å². The zero-order valence-electron chi connectivity index (χ0n) is 18.6. The van der Waals surface area contributed by atoms with Crippen LogP contribution in [0.1, 0.15) is 41.4 Å². The molecule has 0 radical (unpaired) electrons. The predicted octanol–water partition coefficient (Wildman–Crippen LogP) is 2.43. The van der Waals surface area contributed by atoms with Crippen LogP contribution >= 0.6 is 0 Å². The number of hydrogen-bond acceptors (Lipinski definition) is 6. The topological polar surface area (TPSA) is 98.0 Å². The minimum Gasteiger partial charge on any atom is -0.342 e. The average molecular weight is 446 g/mol. The molecular formula is C24H25N6O3+. The lowest BCUT2D eigenvalue weighted by molar-refractivity contribution is -0.708. The van der Waals surface area contributed by atoms with Gasteiger partial charge < -0.3 is 9.42 Å². The predicted molar refractivity (Wildman–Crippen MR) is 119 cm³/mol. The van der Waals surface area contributed by atoms with Gasteiger partial charge in [-0.2, -0.15) is 4.98 Å². The standard InChI is InChI=1S/C24H25N6O3/c1-28-19-9-8-17(14-20(19)29(2)27-28)23-25-24(33-26-23)18-12-13-30(15-18)22(32)11-10-21(31)16-6-4-3-5-7-16/h3-9,14,18H,10-13,15H2,1-2H3/q+1. The number of benzene rings is 2. The van der Waals surface area contributed by atoms with Crippen LogP contribution in [0.5, 0.6) is 0 Å². The number of likely N-dealkylation sites (tertiary alicyclic amines) is 1. The summed E-state index contributed by atoms with van der Waals surface area (Å²) in [6.45, 7) is 1.15. The Labute approximate surface area is 190 Å². The molecule has 1 unspecified atom stereocenters. The number of aryl methyl sites for hydroxylation is 2. The molecule has 1 fully saturated rings. The number of nitrogens with zero attached hydrogens (tertiary/aromatic N) is 6. The van der Waals surface area contributed by atoms with Gasteiger partial charge >= 0.3 is 0 Å². The van der Waals surface area contributed by atoms with E-state index in [-0.39, 0.29) is 30.4 Å². The molecule has 5 rings (SSSR count). The summed E-state index contributed by atoms with van der Waals surface area (Å²) in [5, 5.41) is 8.54. The molecule has 1 atom stereocenters. The van der Waals surface area contributed by atoms with E-state index >= 15 is 0 Å². The van der Waals surface area contributed by atoms with Crippen LogP contribution in [0.25, 0.3) is 22.4 Å². The highest BCUT2D eigenvalue weighted by Gasteiger charge is 2.31. The second-order valence-corrected chi connectivity index (χ2v) is 8.41. The van der Waals surface area contributed by atoms with Crippen LogP contribution in [0.4, 0.5) is 0 Å². The Morgan fingerprint density at radius 3 is 2.79 bits per heavy atom. The molecule has 1 saturated heterocycles. The summed E-state index contributed by atoms with van der Waals surface area (Å²) >= 11 is 0. The van der Waals surface area contributed by atoms with Crippen LogP contribution in [0, 0.1) is 0 Å². The molecule has 1 amide bonds. The first-order valence-corrected chi connectivity index (χ1v) is 11.0. The lowest BCUT2D eigenvalue weighted by Gasteiger charge is -2.15. The quantitative estimate of drug-likeness (QED) is 0.334. The van der Waals surface area contributed by atoms with Crippen LogP contribution in [0.15, 0.2) is 53.1 Å². The fraction of sp³-hybridized carbons (Fsp3) is 0.333. The molecule has 9 heteroatoms. The molecule has 1 aliphatic rings. The van der Waals surface area contributed by atoms with Gasteiger partial charge in [0.25, 0.3) is 0 Å². The summed E-state index contributed by atoms with van der Waals surface area (Å²) in [6, 6.07) is 15.0. The average Bonchev–Trinajstić information content (AvgIpc) is 3.57. The normalized spacial score (nSPS) is 15.9. The van der Waals surface area contributed by atoms with E-state index in [0.717, 1.165) is 23.0 Å². The Kier molecular flexibility index (Phi) is 5.45. The first kappa shape index (κ1) is 21.0. The van der Waals surface area contributed by atoms with E-state index in [1.807, 2.05) is 59.9 Å². The van der Waals surface area contributed by atoms with Crippen LogP contribution in [-0.2, 0) is 18.9 Å². The van der Waals surface area contributed by atoms with Gasteiger partial charge in [0.05, 0.1) is 11.1 Å². The van der Waals surface area contributed by atoms with Gasteiger partial charge in [-0.05, 0) is 18.6 Å². The highest BCUT2D eigenvalue weighted by atomic mass is 16.5. The fourth-order valence-electron chi connectivity index (χ4n) is 4.35. The molecule has 0 saturated carbocycles. The molecule has 2 aromatic heterocycles. The third kappa shape index (κ3) is 4.13. The summed E-state index contributed by atoms with van der Waals surface area (Å²) in [6.07, 6.45) is 1.18. The molecular weight excluding hydrogens is 420 g/mol. The van der Waals surface area contributed by atoms with E-state index in [4.69, 9.17) is 4.52 Å². The number of rotatable bonds is 6. The number of fused-ring (bicyclic) bond motifs is 1. The molecule has 2 aromatic carbocycles. The van der Waals surface area contributed by atoms with E-state index in [1.165, 1.54) is 0 Å². The van der Waals surface area contributed by atoms with Crippen molar-refractivity contribution in [1.82, 2.24) is 24.9 Å². The molecule has 33 heavy (non-hydrogen) atoms. The molecule has 0 bridgehead atoms. The van der Waals surface area contributed by atoms with Gasteiger partial charge in [0, 0.05) is 43.1 Å². The molecule has 1 aliphatic heterocycles. The molecule has 0 aliphatic carbocycles. The summed E-state index contributed by atoms with van der Waals surface area (Å²) in [7, 11) is 3.80. The van der Waals surface area contributed by atoms with E-state index in [2.05, 4.69) is 15.4 Å². The van der Waals surface area contributed by atoms with Crippen LogP contribution in [-0.4, -0.2) is 49.7 Å². The van der Waals surface area contributed by atoms with Crippen LogP contribution in [0.2, 0.25) is 0 Å². The van der Waals surface area contributed by atoms with Crippen molar-refractivity contribution in [2.75, 3.05) is 13.1 Å². The zero-order chi connectivity index (χ0) is 22.9. The zero-order valence-corrected chi connectivity index (χ0v) is 18.6. The van der Waals surface area contributed by atoms with E-state index in [9.17, 15) is 9.59 Å². The second kappa shape index (κ2) is 8.57. The van der Waals surface area contributed by atoms with Crippen molar-refractivity contribution in [2.45, 2.75) is 25.2 Å². The number of Topliss-reactive ketones (excluding diaryl/α,β-unsaturated/α-hetero) is 1. The van der Waals surface area contributed by atoms with Crippen molar-refractivity contribution >= 4 is 22.7 Å². The smallest absolute Gasteiger partial charge is 0.231 e. The SMILES string of the molecule is Cn1n[n+](C)c2ccc(-c3noc(C4CCN(C(=O)CCC(=O)c5ccccc5)C4)n3)cc21. The Morgan fingerprint density at radius 2 is 1.97 bits per heavy atom. The maximum atomic E-state index is 12.6. The first-order valence-electron chi connectivity index (χ1n) is 11.0. The number of aromatic nitrogens is 5. The number of carbonyl (C=O) groups excluding carboxylic acids is 2. The van der Waals surface area contributed by atoms with Crippen molar-refractivity contribution in [3.8, 4) is 11.4 Å².